The second-order valence-corrected chi connectivity index (χ2v) is 7.50. The molecule has 0 bridgehead atoms. The zero-order valence-electron chi connectivity index (χ0n) is 16.3. The highest BCUT2D eigenvalue weighted by Crippen LogP contribution is 2.42. The number of Topliss-reactive ketones (excluding diaryl/α,β-unsaturated/α-hetero) is 3. The highest BCUT2D eigenvalue weighted by molar-refractivity contribution is 6.21. The second-order valence-electron chi connectivity index (χ2n) is 7.50. The van der Waals surface area contributed by atoms with Crippen molar-refractivity contribution in [2.75, 3.05) is 0 Å². The van der Waals surface area contributed by atoms with Crippen LogP contribution in [0.1, 0.15) is 55.2 Å². The molecule has 0 radical (unpaired) electrons. The summed E-state index contributed by atoms with van der Waals surface area (Å²) < 4.78 is 0. The van der Waals surface area contributed by atoms with Gasteiger partial charge < -0.3 is 0 Å². The fourth-order valence-electron chi connectivity index (χ4n) is 4.40. The molecule has 0 amide bonds. The van der Waals surface area contributed by atoms with Gasteiger partial charge in [-0.2, -0.15) is 0 Å². The third kappa shape index (κ3) is 3.23. The summed E-state index contributed by atoms with van der Waals surface area (Å²) in [7, 11) is 0. The van der Waals surface area contributed by atoms with Crippen LogP contribution >= 0.6 is 0 Å². The highest BCUT2D eigenvalue weighted by Gasteiger charge is 2.41. The van der Waals surface area contributed by atoms with Gasteiger partial charge in [0.2, 0.25) is 0 Å². The Bertz CT molecular complexity index is 990. The molecular formula is C22H23NO5. The van der Waals surface area contributed by atoms with Crippen molar-refractivity contribution < 1.29 is 19.3 Å². The van der Waals surface area contributed by atoms with Crippen molar-refractivity contribution in [3.63, 3.8) is 0 Å². The lowest BCUT2D eigenvalue weighted by Crippen LogP contribution is -2.38. The minimum absolute atomic E-state index is 0.0568. The number of benzene rings is 2. The number of ketones is 3. The molecule has 0 N–H and O–H groups in total. The van der Waals surface area contributed by atoms with Gasteiger partial charge >= 0.3 is 0 Å². The molecule has 6 nitrogen and oxygen atoms in total. The Labute approximate surface area is 163 Å². The maximum Gasteiger partial charge on any atom is 0.280 e. The first-order valence-electron chi connectivity index (χ1n) is 9.52. The molecule has 6 heteroatoms. The first-order chi connectivity index (χ1) is 13.3. The maximum atomic E-state index is 12.7. The minimum Gasteiger partial charge on any atom is -0.298 e. The van der Waals surface area contributed by atoms with E-state index in [1.165, 1.54) is 0 Å². The predicted molar refractivity (Wildman–Crippen MR) is 105 cm³/mol. The first-order valence-corrected chi connectivity index (χ1v) is 9.52. The second kappa shape index (κ2) is 7.62. The number of rotatable bonds is 5. The van der Waals surface area contributed by atoms with Crippen molar-refractivity contribution >= 4 is 33.8 Å². The van der Waals surface area contributed by atoms with Gasteiger partial charge in [-0.25, -0.2) is 0 Å². The largest absolute Gasteiger partial charge is 0.298 e. The van der Waals surface area contributed by atoms with E-state index in [0.29, 0.717) is 22.8 Å². The third-order valence-electron chi connectivity index (χ3n) is 5.74. The van der Waals surface area contributed by atoms with Crippen LogP contribution in [0.15, 0.2) is 24.3 Å². The Hall–Kier alpha value is -2.89. The van der Waals surface area contributed by atoms with Crippen LogP contribution in [0, 0.1) is 29.9 Å². The van der Waals surface area contributed by atoms with Crippen LogP contribution in [0.2, 0.25) is 0 Å². The van der Waals surface area contributed by atoms with Crippen LogP contribution in [0.5, 0.6) is 0 Å². The van der Waals surface area contributed by atoms with E-state index >= 15 is 0 Å². The van der Waals surface area contributed by atoms with Gasteiger partial charge in [-0.05, 0) is 48.8 Å². The Kier molecular flexibility index (Phi) is 5.40. The highest BCUT2D eigenvalue weighted by atomic mass is 16.6. The molecule has 0 atom stereocenters. The average molecular weight is 381 g/mol. The van der Waals surface area contributed by atoms with E-state index in [1.807, 2.05) is 6.92 Å². The van der Waals surface area contributed by atoms with Crippen LogP contribution in [0.3, 0.4) is 0 Å². The van der Waals surface area contributed by atoms with E-state index in [2.05, 4.69) is 0 Å². The van der Waals surface area contributed by atoms with E-state index in [9.17, 15) is 24.5 Å². The van der Waals surface area contributed by atoms with Crippen molar-refractivity contribution in [3.8, 4) is 0 Å². The van der Waals surface area contributed by atoms with Gasteiger partial charge in [0, 0.05) is 24.8 Å². The van der Waals surface area contributed by atoms with Gasteiger partial charge in [0.25, 0.3) is 5.69 Å². The molecule has 2 aromatic carbocycles. The molecule has 146 valence electrons. The monoisotopic (exact) mass is 381 g/mol. The van der Waals surface area contributed by atoms with Crippen molar-refractivity contribution in [1.29, 1.82) is 0 Å². The summed E-state index contributed by atoms with van der Waals surface area (Å²) in [6, 6.07) is 7.03. The average Bonchev–Trinajstić information content (AvgIpc) is 2.62. The van der Waals surface area contributed by atoms with Crippen LogP contribution < -0.4 is 0 Å². The molecule has 2 aromatic rings. The predicted octanol–water partition coefficient (Wildman–Crippen LogP) is 4.37. The molecule has 0 aromatic heterocycles. The van der Waals surface area contributed by atoms with E-state index < -0.39 is 5.92 Å². The number of carbonyl (C=O) groups excluding carboxylic acids is 3. The van der Waals surface area contributed by atoms with Crippen LogP contribution in [0.4, 0.5) is 5.69 Å². The van der Waals surface area contributed by atoms with Gasteiger partial charge in [0.05, 0.1) is 10.3 Å². The quantitative estimate of drug-likeness (QED) is 0.435. The number of hydrogen-bond acceptors (Lipinski definition) is 5. The number of nitrogens with zero attached hydrogens (tertiary/aromatic N) is 1. The standard InChI is InChI=1S/C22H23NO5/c1-4-7-17(24)21-18(25)10-14(11-19(21)26)20-12(2)13(3)22(23(27)28)16-9-6-5-8-15(16)20/h5-6,8-9,14,21H,4,7,10-11H2,1-3H3. The summed E-state index contributed by atoms with van der Waals surface area (Å²) in [6.45, 7) is 5.34. The SMILES string of the molecule is CCCC(=O)C1C(=O)CC(c2c(C)c(C)c([N+](=O)[O-])c3ccccc23)CC1=O. The molecule has 1 saturated carbocycles. The maximum absolute atomic E-state index is 12.7. The van der Waals surface area contributed by atoms with Gasteiger partial charge in [0.15, 0.2) is 17.3 Å². The fraction of sp³-hybridized carbons (Fsp3) is 0.409. The molecule has 0 aliphatic heterocycles. The molecule has 1 fully saturated rings. The van der Waals surface area contributed by atoms with Crippen molar-refractivity contribution in [2.45, 2.75) is 52.4 Å². The number of nitro benzene ring substituents is 1. The van der Waals surface area contributed by atoms with E-state index in [-0.39, 0.29) is 53.1 Å². The van der Waals surface area contributed by atoms with E-state index in [0.717, 1.165) is 11.1 Å². The summed E-state index contributed by atoms with van der Waals surface area (Å²) >= 11 is 0. The summed E-state index contributed by atoms with van der Waals surface area (Å²) in [6.07, 6.45) is 1.04. The lowest BCUT2D eigenvalue weighted by atomic mass is 9.72. The number of hydrogen-bond donors (Lipinski definition) is 0. The molecule has 3 rings (SSSR count). The van der Waals surface area contributed by atoms with Crippen LogP contribution in [-0.4, -0.2) is 22.3 Å². The Morgan fingerprint density at radius 2 is 1.64 bits per heavy atom. The van der Waals surface area contributed by atoms with Gasteiger partial charge in [-0.15, -0.1) is 0 Å². The van der Waals surface area contributed by atoms with Gasteiger partial charge in [-0.1, -0.05) is 25.1 Å². The summed E-state index contributed by atoms with van der Waals surface area (Å²) in [5.41, 5.74) is 2.14. The van der Waals surface area contributed by atoms with Crippen LogP contribution in [0.25, 0.3) is 10.8 Å². The summed E-state index contributed by atoms with van der Waals surface area (Å²) in [5.74, 6) is -2.47. The van der Waals surface area contributed by atoms with Crippen molar-refractivity contribution in [2.24, 2.45) is 5.92 Å². The molecule has 0 unspecified atom stereocenters. The first kappa shape index (κ1) is 19.9. The normalized spacial score (nSPS) is 19.8. The molecule has 0 spiro atoms. The summed E-state index contributed by atoms with van der Waals surface area (Å²) in [4.78, 5) is 48.8. The Morgan fingerprint density at radius 1 is 1.07 bits per heavy atom. The molecule has 28 heavy (non-hydrogen) atoms. The zero-order chi connectivity index (χ0) is 20.6. The lowest BCUT2D eigenvalue weighted by molar-refractivity contribution is -0.383. The summed E-state index contributed by atoms with van der Waals surface area (Å²) in [5, 5.41) is 12.8. The minimum atomic E-state index is -1.14. The smallest absolute Gasteiger partial charge is 0.280 e. The molecule has 0 heterocycles. The Balaban J connectivity index is 2.11. The topological polar surface area (TPSA) is 94.3 Å². The third-order valence-corrected chi connectivity index (χ3v) is 5.74. The zero-order valence-corrected chi connectivity index (χ0v) is 16.3. The number of carbonyl (C=O) groups is 3. The van der Waals surface area contributed by atoms with Crippen molar-refractivity contribution in [1.82, 2.24) is 0 Å². The molecule has 1 aliphatic carbocycles. The van der Waals surface area contributed by atoms with Gasteiger partial charge in [0.1, 0.15) is 5.92 Å². The van der Waals surface area contributed by atoms with Crippen molar-refractivity contribution in [3.05, 3.63) is 51.1 Å². The van der Waals surface area contributed by atoms with E-state index in [1.54, 1.807) is 38.1 Å². The lowest BCUT2D eigenvalue weighted by Gasteiger charge is -2.28. The molecule has 0 saturated heterocycles. The van der Waals surface area contributed by atoms with Crippen LogP contribution in [-0.2, 0) is 14.4 Å². The fourth-order valence-corrected chi connectivity index (χ4v) is 4.40. The number of nitro groups is 1. The molecular weight excluding hydrogens is 358 g/mol. The molecule has 1 aliphatic rings. The van der Waals surface area contributed by atoms with Gasteiger partial charge in [-0.3, -0.25) is 24.5 Å². The number of fused-ring (bicyclic) bond motifs is 1. The Morgan fingerprint density at radius 3 is 2.18 bits per heavy atom. The van der Waals surface area contributed by atoms with E-state index in [4.69, 9.17) is 0 Å².